The average Bonchev–Trinajstić information content (AvgIpc) is 3.10. The molecule has 2 aromatic carbocycles. The molecule has 1 aliphatic heterocycles. The van der Waals surface area contributed by atoms with Gasteiger partial charge in [0.05, 0.1) is 21.7 Å². The molecule has 1 aliphatic rings. The summed E-state index contributed by atoms with van der Waals surface area (Å²) < 4.78 is 1.18. The van der Waals surface area contributed by atoms with Gasteiger partial charge in [0, 0.05) is 37.8 Å². The van der Waals surface area contributed by atoms with Crippen molar-refractivity contribution in [2.45, 2.75) is 6.54 Å². The van der Waals surface area contributed by atoms with E-state index in [0.29, 0.717) is 18.7 Å². The van der Waals surface area contributed by atoms with E-state index in [0.717, 1.165) is 30.2 Å². The minimum atomic E-state index is -0.567. The van der Waals surface area contributed by atoms with Gasteiger partial charge < -0.3 is 10.6 Å². The molecule has 2 heterocycles. The van der Waals surface area contributed by atoms with Crippen molar-refractivity contribution in [2.24, 2.45) is 0 Å². The number of anilines is 1. The summed E-state index contributed by atoms with van der Waals surface area (Å²) in [6.45, 7) is 3.37. The Morgan fingerprint density at radius 3 is 2.64 bits per heavy atom. The van der Waals surface area contributed by atoms with Gasteiger partial charge in [-0.3, -0.25) is 19.8 Å². The monoisotopic (exact) mass is 397 g/mol. The number of carbonyl (C=O) groups excluding carboxylic acids is 1. The molecule has 28 heavy (non-hydrogen) atoms. The Labute approximate surface area is 165 Å². The maximum absolute atomic E-state index is 12.7. The number of amides is 1. The van der Waals surface area contributed by atoms with Gasteiger partial charge in [0.1, 0.15) is 10.7 Å². The van der Waals surface area contributed by atoms with Crippen LogP contribution in [-0.2, 0) is 6.54 Å². The van der Waals surface area contributed by atoms with Crippen LogP contribution < -0.4 is 5.73 Å². The molecule has 1 aromatic heterocycles. The molecule has 0 aliphatic carbocycles. The number of nitrogens with two attached hydrogens (primary N) is 1. The number of hydrogen-bond acceptors (Lipinski definition) is 7. The quantitative estimate of drug-likeness (QED) is 0.412. The number of piperazine rings is 1. The number of nitro groups is 1. The summed E-state index contributed by atoms with van der Waals surface area (Å²) >= 11 is 1.69. The van der Waals surface area contributed by atoms with Gasteiger partial charge in [-0.25, -0.2) is 4.98 Å². The summed E-state index contributed by atoms with van der Waals surface area (Å²) in [5.41, 5.74) is 6.74. The molecule has 4 rings (SSSR count). The lowest BCUT2D eigenvalue weighted by Gasteiger charge is -2.34. The molecule has 0 unspecified atom stereocenters. The van der Waals surface area contributed by atoms with Crippen molar-refractivity contribution in [2.75, 3.05) is 31.9 Å². The molecule has 3 aromatic rings. The zero-order valence-electron chi connectivity index (χ0n) is 15.1. The standard InChI is InChI=1S/C19H19N5O3S/c20-14-6-5-13(11-16(14)24(26)27)19(25)23-9-7-22(8-10-23)12-18-21-15-3-1-2-4-17(15)28-18/h1-6,11H,7-10,12,20H2. The third-order valence-electron chi connectivity index (χ3n) is 4.83. The van der Waals surface area contributed by atoms with E-state index in [1.807, 2.05) is 18.2 Å². The third kappa shape index (κ3) is 3.67. The molecule has 1 saturated heterocycles. The lowest BCUT2D eigenvalue weighted by molar-refractivity contribution is -0.383. The first kappa shape index (κ1) is 18.3. The number of thiazole rings is 1. The van der Waals surface area contributed by atoms with Crippen molar-refractivity contribution >= 4 is 38.8 Å². The summed E-state index contributed by atoms with van der Waals surface area (Å²) in [6.07, 6.45) is 0. The number of nitrogens with zero attached hydrogens (tertiary/aromatic N) is 4. The molecule has 1 fully saturated rings. The lowest BCUT2D eigenvalue weighted by Crippen LogP contribution is -2.48. The molecule has 0 radical (unpaired) electrons. The van der Waals surface area contributed by atoms with Gasteiger partial charge in [-0.05, 0) is 24.3 Å². The summed E-state index contributed by atoms with van der Waals surface area (Å²) in [4.78, 5) is 31.8. The van der Waals surface area contributed by atoms with Gasteiger partial charge in [-0.1, -0.05) is 12.1 Å². The Kier molecular flexibility index (Phi) is 4.93. The summed E-state index contributed by atoms with van der Waals surface area (Å²) in [5, 5.41) is 12.1. The molecular weight excluding hydrogens is 378 g/mol. The van der Waals surface area contributed by atoms with Crippen molar-refractivity contribution in [3.8, 4) is 0 Å². The highest BCUT2D eigenvalue weighted by molar-refractivity contribution is 7.18. The van der Waals surface area contributed by atoms with E-state index in [1.54, 1.807) is 16.2 Å². The van der Waals surface area contributed by atoms with Gasteiger partial charge in [0.25, 0.3) is 11.6 Å². The van der Waals surface area contributed by atoms with Crippen LogP contribution in [0.15, 0.2) is 42.5 Å². The second-order valence-electron chi connectivity index (χ2n) is 6.67. The Morgan fingerprint density at radius 1 is 1.18 bits per heavy atom. The zero-order chi connectivity index (χ0) is 19.7. The van der Waals surface area contributed by atoms with Crippen LogP contribution in [0, 0.1) is 10.1 Å². The molecule has 0 bridgehead atoms. The molecule has 1 amide bonds. The Morgan fingerprint density at radius 2 is 1.93 bits per heavy atom. The smallest absolute Gasteiger partial charge is 0.292 e. The normalized spacial score (nSPS) is 15.1. The first-order valence-corrected chi connectivity index (χ1v) is 9.73. The van der Waals surface area contributed by atoms with Crippen LogP contribution >= 0.6 is 11.3 Å². The molecule has 0 spiro atoms. The third-order valence-corrected chi connectivity index (χ3v) is 5.85. The molecule has 0 saturated carbocycles. The fraction of sp³-hybridized carbons (Fsp3) is 0.263. The SMILES string of the molecule is Nc1ccc(C(=O)N2CCN(Cc3nc4ccccc4s3)CC2)cc1[N+](=O)[O-]. The van der Waals surface area contributed by atoms with Crippen molar-refractivity contribution in [1.29, 1.82) is 0 Å². The van der Waals surface area contributed by atoms with E-state index in [9.17, 15) is 14.9 Å². The first-order chi connectivity index (χ1) is 13.5. The Hall–Kier alpha value is -3.04. The number of benzene rings is 2. The highest BCUT2D eigenvalue weighted by Gasteiger charge is 2.24. The van der Waals surface area contributed by atoms with Gasteiger partial charge in [0.15, 0.2) is 0 Å². The van der Waals surface area contributed by atoms with Crippen LogP contribution in [0.4, 0.5) is 11.4 Å². The number of para-hydroxylation sites is 1. The maximum atomic E-state index is 12.7. The molecular formula is C19H19N5O3S. The van der Waals surface area contributed by atoms with E-state index < -0.39 is 4.92 Å². The predicted octanol–water partition coefficient (Wildman–Crippen LogP) is 2.74. The van der Waals surface area contributed by atoms with Gasteiger partial charge in [-0.2, -0.15) is 0 Å². The highest BCUT2D eigenvalue weighted by atomic mass is 32.1. The van der Waals surface area contributed by atoms with E-state index in [1.165, 1.54) is 22.9 Å². The molecule has 144 valence electrons. The van der Waals surface area contributed by atoms with Crippen LogP contribution in [0.2, 0.25) is 0 Å². The summed E-state index contributed by atoms with van der Waals surface area (Å²) in [6, 6.07) is 12.3. The summed E-state index contributed by atoms with van der Waals surface area (Å²) in [5.74, 6) is -0.206. The van der Waals surface area contributed by atoms with Crippen LogP contribution in [0.3, 0.4) is 0 Å². The van der Waals surface area contributed by atoms with Crippen molar-refractivity contribution in [3.63, 3.8) is 0 Å². The predicted molar refractivity (Wildman–Crippen MR) is 108 cm³/mol. The zero-order valence-corrected chi connectivity index (χ0v) is 15.9. The van der Waals surface area contributed by atoms with Crippen molar-refractivity contribution < 1.29 is 9.72 Å². The van der Waals surface area contributed by atoms with E-state index in [-0.39, 0.29) is 17.3 Å². The largest absolute Gasteiger partial charge is 0.393 e. The lowest BCUT2D eigenvalue weighted by atomic mass is 10.1. The molecule has 2 N–H and O–H groups in total. The van der Waals surface area contributed by atoms with Crippen LogP contribution in [0.1, 0.15) is 15.4 Å². The van der Waals surface area contributed by atoms with Gasteiger partial charge in [-0.15, -0.1) is 11.3 Å². The van der Waals surface area contributed by atoms with Crippen molar-refractivity contribution in [1.82, 2.24) is 14.8 Å². The van der Waals surface area contributed by atoms with E-state index in [4.69, 9.17) is 5.73 Å². The number of carbonyl (C=O) groups is 1. The molecule has 8 nitrogen and oxygen atoms in total. The minimum absolute atomic E-state index is 0.0576. The Bertz CT molecular complexity index is 1010. The van der Waals surface area contributed by atoms with Crippen LogP contribution in [0.25, 0.3) is 10.2 Å². The maximum Gasteiger partial charge on any atom is 0.292 e. The Balaban J connectivity index is 1.39. The number of rotatable bonds is 4. The second kappa shape index (κ2) is 7.53. The fourth-order valence-corrected chi connectivity index (χ4v) is 4.32. The number of hydrogen-bond donors (Lipinski definition) is 1. The van der Waals surface area contributed by atoms with Crippen LogP contribution in [0.5, 0.6) is 0 Å². The average molecular weight is 397 g/mol. The number of nitro benzene ring substituents is 1. The number of nitrogen functional groups attached to an aromatic ring is 1. The van der Waals surface area contributed by atoms with Crippen LogP contribution in [-0.4, -0.2) is 51.8 Å². The second-order valence-corrected chi connectivity index (χ2v) is 7.79. The topological polar surface area (TPSA) is 106 Å². The van der Waals surface area contributed by atoms with Crippen molar-refractivity contribution in [3.05, 3.63) is 63.1 Å². The van der Waals surface area contributed by atoms with Gasteiger partial charge >= 0.3 is 0 Å². The number of fused-ring (bicyclic) bond motifs is 1. The van der Waals surface area contributed by atoms with E-state index >= 15 is 0 Å². The molecule has 0 atom stereocenters. The summed E-state index contributed by atoms with van der Waals surface area (Å²) in [7, 11) is 0. The first-order valence-electron chi connectivity index (χ1n) is 8.91. The minimum Gasteiger partial charge on any atom is -0.393 e. The molecule has 9 heteroatoms. The highest BCUT2D eigenvalue weighted by Crippen LogP contribution is 2.25. The van der Waals surface area contributed by atoms with E-state index in [2.05, 4.69) is 16.0 Å². The van der Waals surface area contributed by atoms with Gasteiger partial charge in [0.2, 0.25) is 0 Å². The fourth-order valence-electron chi connectivity index (χ4n) is 3.31. The number of aromatic nitrogens is 1.